The van der Waals surface area contributed by atoms with Crippen molar-refractivity contribution in [3.63, 3.8) is 0 Å². The van der Waals surface area contributed by atoms with Crippen LogP contribution in [0, 0.1) is 0 Å². The fourth-order valence-corrected chi connectivity index (χ4v) is 2.95. The molecule has 0 bridgehead atoms. The Hall–Kier alpha value is -2.49. The number of carbonyl (C=O) groups is 1. The van der Waals surface area contributed by atoms with Gasteiger partial charge in [-0.3, -0.25) is 9.79 Å². The van der Waals surface area contributed by atoms with E-state index in [1.807, 2.05) is 67.6 Å². The number of likely N-dealkylation sites (tertiary alicyclic amines) is 1. The minimum atomic E-state index is -0.619. The molecule has 0 spiro atoms. The molecule has 2 aromatic rings. The van der Waals surface area contributed by atoms with E-state index in [-0.39, 0.29) is 11.9 Å². The molecule has 1 amide bonds. The van der Waals surface area contributed by atoms with Crippen LogP contribution in [0.4, 0.5) is 4.39 Å². The average Bonchev–Trinajstić information content (AvgIpc) is 2.61. The van der Waals surface area contributed by atoms with Crippen LogP contribution in [-0.4, -0.2) is 35.8 Å². The van der Waals surface area contributed by atoms with Crippen LogP contribution in [0.2, 0.25) is 0 Å². The van der Waals surface area contributed by atoms with Crippen molar-refractivity contribution in [1.82, 2.24) is 4.90 Å². The zero-order valence-electron chi connectivity index (χ0n) is 13.0. The van der Waals surface area contributed by atoms with E-state index in [9.17, 15) is 9.18 Å². The molecule has 1 fully saturated rings. The predicted molar refractivity (Wildman–Crippen MR) is 89.3 cm³/mol. The van der Waals surface area contributed by atoms with Crippen LogP contribution < -0.4 is 0 Å². The van der Waals surface area contributed by atoms with E-state index in [1.54, 1.807) is 11.1 Å². The second-order valence-electron chi connectivity index (χ2n) is 5.69. The van der Waals surface area contributed by atoms with Crippen molar-refractivity contribution < 1.29 is 9.18 Å². The Morgan fingerprint density at radius 2 is 1.74 bits per heavy atom. The van der Waals surface area contributed by atoms with Crippen molar-refractivity contribution in [2.24, 2.45) is 4.99 Å². The molecular weight excluding hydrogens is 291 g/mol. The van der Waals surface area contributed by atoms with E-state index >= 15 is 0 Å². The number of hydrogen-bond donors (Lipinski definition) is 0. The molecule has 4 heteroatoms. The SMILES string of the molecule is CC(c1ccccc1)N1C(=O)C(N=Cc2ccccc2)C1CF. The van der Waals surface area contributed by atoms with Crippen molar-refractivity contribution in [1.29, 1.82) is 0 Å². The summed E-state index contributed by atoms with van der Waals surface area (Å²) >= 11 is 0. The highest BCUT2D eigenvalue weighted by atomic mass is 19.1. The van der Waals surface area contributed by atoms with Crippen LogP contribution in [0.1, 0.15) is 24.1 Å². The van der Waals surface area contributed by atoms with Crippen molar-refractivity contribution in [2.45, 2.75) is 25.0 Å². The number of halogens is 1. The number of aliphatic imine (C=N–C) groups is 1. The Balaban J connectivity index is 1.74. The van der Waals surface area contributed by atoms with E-state index in [1.165, 1.54) is 0 Å². The van der Waals surface area contributed by atoms with Gasteiger partial charge in [-0.05, 0) is 18.1 Å². The first kappa shape index (κ1) is 15.4. The monoisotopic (exact) mass is 310 g/mol. The highest BCUT2D eigenvalue weighted by Crippen LogP contribution is 2.33. The highest BCUT2D eigenvalue weighted by molar-refractivity contribution is 5.92. The summed E-state index contributed by atoms with van der Waals surface area (Å²) in [5, 5.41) is 0. The molecule has 1 aliphatic rings. The molecule has 118 valence electrons. The number of nitrogens with zero attached hydrogens (tertiary/aromatic N) is 2. The number of carbonyl (C=O) groups excluding carboxylic acids is 1. The van der Waals surface area contributed by atoms with Crippen LogP contribution in [0.3, 0.4) is 0 Å². The van der Waals surface area contributed by atoms with E-state index in [4.69, 9.17) is 0 Å². The lowest BCUT2D eigenvalue weighted by molar-refractivity contribution is -0.154. The van der Waals surface area contributed by atoms with E-state index < -0.39 is 18.8 Å². The van der Waals surface area contributed by atoms with Crippen LogP contribution in [0.25, 0.3) is 0 Å². The summed E-state index contributed by atoms with van der Waals surface area (Å²) in [5.74, 6) is -0.115. The van der Waals surface area contributed by atoms with E-state index in [0.29, 0.717) is 0 Å². The lowest BCUT2D eigenvalue weighted by Gasteiger charge is -2.47. The molecule has 23 heavy (non-hydrogen) atoms. The lowest BCUT2D eigenvalue weighted by Crippen LogP contribution is -2.65. The molecule has 1 heterocycles. The van der Waals surface area contributed by atoms with Gasteiger partial charge in [-0.1, -0.05) is 60.7 Å². The van der Waals surface area contributed by atoms with Gasteiger partial charge >= 0.3 is 0 Å². The molecule has 1 aliphatic heterocycles. The summed E-state index contributed by atoms with van der Waals surface area (Å²) < 4.78 is 13.4. The minimum absolute atomic E-state index is 0.115. The van der Waals surface area contributed by atoms with Gasteiger partial charge in [0, 0.05) is 6.21 Å². The van der Waals surface area contributed by atoms with Crippen LogP contribution in [-0.2, 0) is 4.79 Å². The van der Waals surface area contributed by atoms with Gasteiger partial charge in [0.15, 0.2) is 6.04 Å². The number of benzene rings is 2. The Morgan fingerprint density at radius 3 is 2.35 bits per heavy atom. The lowest BCUT2D eigenvalue weighted by atomic mass is 9.91. The van der Waals surface area contributed by atoms with Gasteiger partial charge in [-0.25, -0.2) is 4.39 Å². The zero-order chi connectivity index (χ0) is 16.2. The molecule has 0 radical (unpaired) electrons. The molecule has 0 saturated carbocycles. The summed E-state index contributed by atoms with van der Waals surface area (Å²) in [6.07, 6.45) is 1.65. The van der Waals surface area contributed by atoms with Crippen LogP contribution in [0.15, 0.2) is 65.7 Å². The fourth-order valence-electron chi connectivity index (χ4n) is 2.95. The van der Waals surface area contributed by atoms with Gasteiger partial charge in [-0.2, -0.15) is 0 Å². The first-order valence-electron chi connectivity index (χ1n) is 7.73. The van der Waals surface area contributed by atoms with Crippen LogP contribution >= 0.6 is 0 Å². The fraction of sp³-hybridized carbons (Fsp3) is 0.263. The highest BCUT2D eigenvalue weighted by Gasteiger charge is 2.49. The molecule has 1 saturated heterocycles. The Labute approximate surface area is 135 Å². The van der Waals surface area contributed by atoms with Crippen LogP contribution in [0.5, 0.6) is 0 Å². The first-order valence-corrected chi connectivity index (χ1v) is 7.73. The molecule has 3 atom stereocenters. The third kappa shape index (κ3) is 3.02. The molecule has 0 N–H and O–H groups in total. The molecule has 2 aromatic carbocycles. The maximum atomic E-state index is 13.4. The van der Waals surface area contributed by atoms with Crippen molar-refractivity contribution in [3.05, 3.63) is 71.8 Å². The molecular formula is C19H19FN2O. The normalized spacial score (nSPS) is 22.2. The quantitative estimate of drug-likeness (QED) is 0.615. The topological polar surface area (TPSA) is 32.7 Å². The van der Waals surface area contributed by atoms with Crippen molar-refractivity contribution in [3.8, 4) is 0 Å². The Kier molecular flexibility index (Phi) is 4.51. The number of hydrogen-bond acceptors (Lipinski definition) is 2. The van der Waals surface area contributed by atoms with Gasteiger partial charge in [0.25, 0.3) is 5.91 Å². The first-order chi connectivity index (χ1) is 11.2. The third-order valence-electron chi connectivity index (χ3n) is 4.27. The summed E-state index contributed by atoms with van der Waals surface area (Å²) in [4.78, 5) is 18.3. The number of rotatable bonds is 5. The second kappa shape index (κ2) is 6.73. The van der Waals surface area contributed by atoms with Crippen molar-refractivity contribution >= 4 is 12.1 Å². The van der Waals surface area contributed by atoms with Gasteiger partial charge in [0.1, 0.15) is 6.67 Å². The Bertz CT molecular complexity index is 687. The molecule has 0 aliphatic carbocycles. The number of alkyl halides is 1. The zero-order valence-corrected chi connectivity index (χ0v) is 13.0. The van der Waals surface area contributed by atoms with Crippen molar-refractivity contribution in [2.75, 3.05) is 6.67 Å². The standard InChI is InChI=1S/C19H19FN2O/c1-14(16-10-6-3-7-11-16)22-17(12-20)18(19(22)23)21-13-15-8-4-2-5-9-15/h2-11,13-14,17-18H,12H2,1H3. The smallest absolute Gasteiger partial charge is 0.250 e. The largest absolute Gasteiger partial charge is 0.326 e. The van der Waals surface area contributed by atoms with Gasteiger partial charge in [-0.15, -0.1) is 0 Å². The minimum Gasteiger partial charge on any atom is -0.326 e. The van der Waals surface area contributed by atoms with Gasteiger partial charge in [0.05, 0.1) is 12.1 Å². The summed E-state index contributed by atoms with van der Waals surface area (Å²) in [5.41, 5.74) is 1.91. The molecule has 3 rings (SSSR count). The Morgan fingerprint density at radius 1 is 1.13 bits per heavy atom. The predicted octanol–water partition coefficient (Wildman–Crippen LogP) is 3.42. The van der Waals surface area contributed by atoms with E-state index in [0.717, 1.165) is 11.1 Å². The summed E-state index contributed by atoms with van der Waals surface area (Å²) in [6.45, 7) is 1.34. The molecule has 3 nitrogen and oxygen atoms in total. The average molecular weight is 310 g/mol. The van der Waals surface area contributed by atoms with Gasteiger partial charge in [0.2, 0.25) is 0 Å². The molecule has 3 unspecified atom stereocenters. The number of amides is 1. The van der Waals surface area contributed by atoms with E-state index in [2.05, 4.69) is 4.99 Å². The summed E-state index contributed by atoms with van der Waals surface area (Å²) in [7, 11) is 0. The van der Waals surface area contributed by atoms with Gasteiger partial charge < -0.3 is 4.90 Å². The maximum absolute atomic E-state index is 13.4. The maximum Gasteiger partial charge on any atom is 0.250 e. The third-order valence-corrected chi connectivity index (χ3v) is 4.27. The molecule has 0 aromatic heterocycles. The second-order valence-corrected chi connectivity index (χ2v) is 5.69. The number of β-lactam (4-membered cyclic amide) rings is 1. The summed E-state index contributed by atoms with van der Waals surface area (Å²) in [6, 6.07) is 18.0.